The van der Waals surface area contributed by atoms with Crippen molar-refractivity contribution in [3.8, 4) is 0 Å². The number of anilines is 1. The van der Waals surface area contributed by atoms with E-state index in [0.29, 0.717) is 12.1 Å². The van der Waals surface area contributed by atoms with Crippen LogP contribution in [0.5, 0.6) is 0 Å². The van der Waals surface area contributed by atoms with E-state index in [4.69, 9.17) is 0 Å². The minimum absolute atomic E-state index is 0.0791. The molecule has 0 bridgehead atoms. The van der Waals surface area contributed by atoms with E-state index in [2.05, 4.69) is 24.4 Å². The van der Waals surface area contributed by atoms with Gasteiger partial charge in [0, 0.05) is 11.3 Å². The molecule has 3 nitrogen and oxygen atoms in total. The van der Waals surface area contributed by atoms with Crippen molar-refractivity contribution >= 4 is 11.6 Å². The Morgan fingerprint density at radius 3 is 2.59 bits per heavy atom. The first-order chi connectivity index (χ1) is 10.7. The molecule has 0 radical (unpaired) electrons. The quantitative estimate of drug-likeness (QED) is 0.808. The number of benzene rings is 2. The number of amides is 1. The van der Waals surface area contributed by atoms with E-state index in [0.717, 1.165) is 19.6 Å². The number of quaternary nitrogens is 1. The zero-order chi connectivity index (χ0) is 15.8. The molecule has 2 rings (SSSR count). The molecule has 1 unspecified atom stereocenters. The van der Waals surface area contributed by atoms with Crippen molar-refractivity contribution in [3.05, 3.63) is 66.0 Å². The highest BCUT2D eigenvalue weighted by molar-refractivity contribution is 5.90. The van der Waals surface area contributed by atoms with E-state index in [1.54, 1.807) is 12.1 Å². The van der Waals surface area contributed by atoms with Crippen molar-refractivity contribution in [3.63, 3.8) is 0 Å². The van der Waals surface area contributed by atoms with Crippen LogP contribution >= 0.6 is 0 Å². The van der Waals surface area contributed by atoms with E-state index in [9.17, 15) is 9.18 Å². The molecule has 0 saturated heterocycles. The largest absolute Gasteiger partial charge is 0.331 e. The highest BCUT2D eigenvalue weighted by atomic mass is 19.1. The van der Waals surface area contributed by atoms with Crippen LogP contribution in [0.25, 0.3) is 0 Å². The fraction of sp³-hybridized carbons (Fsp3) is 0.278. The third kappa shape index (κ3) is 5.30. The number of carbonyl (C=O) groups is 1. The molecule has 2 aromatic carbocycles. The molecule has 0 fully saturated rings. The van der Waals surface area contributed by atoms with Crippen LogP contribution in [-0.4, -0.2) is 19.0 Å². The molecule has 2 N–H and O–H groups in total. The molecular weight excluding hydrogens is 279 g/mol. The molecule has 0 spiro atoms. The Hall–Kier alpha value is -2.20. The van der Waals surface area contributed by atoms with Gasteiger partial charge in [0.1, 0.15) is 12.4 Å². The van der Waals surface area contributed by atoms with E-state index in [1.165, 1.54) is 22.6 Å². The first-order valence-corrected chi connectivity index (χ1v) is 7.60. The van der Waals surface area contributed by atoms with Gasteiger partial charge in [-0.05, 0) is 25.1 Å². The van der Waals surface area contributed by atoms with Gasteiger partial charge >= 0.3 is 0 Å². The lowest BCUT2D eigenvalue weighted by molar-refractivity contribution is -0.911. The predicted molar refractivity (Wildman–Crippen MR) is 86.2 cm³/mol. The van der Waals surface area contributed by atoms with Gasteiger partial charge in [0.2, 0.25) is 5.91 Å². The molecular formula is C18H22FN2O+. The third-order valence-electron chi connectivity index (χ3n) is 3.61. The van der Waals surface area contributed by atoms with Crippen LogP contribution in [0, 0.1) is 5.82 Å². The summed E-state index contributed by atoms with van der Waals surface area (Å²) >= 11 is 0. The third-order valence-corrected chi connectivity index (χ3v) is 3.61. The highest BCUT2D eigenvalue weighted by Crippen LogP contribution is 2.09. The molecule has 0 aliphatic carbocycles. The van der Waals surface area contributed by atoms with Crippen LogP contribution in [0.4, 0.5) is 10.1 Å². The Kier molecular flexibility index (Phi) is 6.10. The summed E-state index contributed by atoms with van der Waals surface area (Å²) in [5.74, 6) is -0.424. The van der Waals surface area contributed by atoms with E-state index in [1.807, 2.05) is 18.2 Å². The maximum Gasteiger partial charge on any atom is 0.230 e. The van der Waals surface area contributed by atoms with Crippen molar-refractivity contribution in [2.75, 3.05) is 18.4 Å². The summed E-state index contributed by atoms with van der Waals surface area (Å²) in [6.07, 6.45) is 0.423. The molecule has 116 valence electrons. The lowest BCUT2D eigenvalue weighted by Crippen LogP contribution is -3.10. The van der Waals surface area contributed by atoms with Gasteiger partial charge in [0.15, 0.2) is 0 Å². The van der Waals surface area contributed by atoms with Gasteiger partial charge in [-0.1, -0.05) is 36.4 Å². The molecule has 0 aliphatic rings. The van der Waals surface area contributed by atoms with E-state index < -0.39 is 0 Å². The minimum atomic E-state index is -0.345. The summed E-state index contributed by atoms with van der Waals surface area (Å²) in [4.78, 5) is 13.3. The second-order valence-electron chi connectivity index (χ2n) is 5.32. The zero-order valence-corrected chi connectivity index (χ0v) is 12.8. The number of halogens is 1. The monoisotopic (exact) mass is 301 g/mol. The van der Waals surface area contributed by atoms with Crippen LogP contribution in [0.15, 0.2) is 54.6 Å². The van der Waals surface area contributed by atoms with Crippen molar-refractivity contribution in [2.24, 2.45) is 0 Å². The minimum Gasteiger partial charge on any atom is -0.331 e. The van der Waals surface area contributed by atoms with Crippen LogP contribution in [-0.2, 0) is 11.3 Å². The van der Waals surface area contributed by atoms with Gasteiger partial charge in [0.25, 0.3) is 0 Å². The first-order valence-electron chi connectivity index (χ1n) is 7.60. The Balaban J connectivity index is 1.81. The predicted octanol–water partition coefficient (Wildman–Crippen LogP) is 2.26. The van der Waals surface area contributed by atoms with Gasteiger partial charge in [0.05, 0.1) is 19.5 Å². The topological polar surface area (TPSA) is 33.5 Å². The smallest absolute Gasteiger partial charge is 0.230 e. The normalized spacial score (nSPS) is 11.9. The first kappa shape index (κ1) is 16.2. The average molecular weight is 301 g/mol. The molecule has 1 amide bonds. The summed E-state index contributed by atoms with van der Waals surface area (Å²) in [6.45, 7) is 4.74. The second-order valence-corrected chi connectivity index (χ2v) is 5.32. The SMILES string of the molecule is CC[NH+](CCC(=O)Nc1cccc(F)c1)Cc1ccccc1. The number of hydrogen-bond donors (Lipinski definition) is 2. The molecule has 1 atom stereocenters. The lowest BCUT2D eigenvalue weighted by atomic mass is 10.2. The highest BCUT2D eigenvalue weighted by Gasteiger charge is 2.11. The Labute approximate surface area is 130 Å². The summed E-state index contributed by atoms with van der Waals surface area (Å²) in [5.41, 5.74) is 1.77. The maximum atomic E-state index is 13.1. The molecule has 22 heavy (non-hydrogen) atoms. The van der Waals surface area contributed by atoms with E-state index >= 15 is 0 Å². The molecule has 0 saturated carbocycles. The number of rotatable bonds is 7. The summed E-state index contributed by atoms with van der Waals surface area (Å²) in [5, 5.41) is 2.73. The fourth-order valence-corrected chi connectivity index (χ4v) is 2.35. The summed E-state index contributed by atoms with van der Waals surface area (Å²) in [6, 6.07) is 16.2. The molecule has 0 aromatic heterocycles. The van der Waals surface area contributed by atoms with Gasteiger partial charge in [-0.15, -0.1) is 0 Å². The van der Waals surface area contributed by atoms with E-state index in [-0.39, 0.29) is 11.7 Å². The molecule has 0 heterocycles. The van der Waals surface area contributed by atoms with Crippen molar-refractivity contribution in [2.45, 2.75) is 19.9 Å². The Morgan fingerprint density at radius 2 is 1.91 bits per heavy atom. The van der Waals surface area contributed by atoms with Crippen LogP contribution in [0.3, 0.4) is 0 Å². The fourth-order valence-electron chi connectivity index (χ4n) is 2.35. The molecule has 4 heteroatoms. The summed E-state index contributed by atoms with van der Waals surface area (Å²) < 4.78 is 13.1. The van der Waals surface area contributed by atoms with Crippen LogP contribution < -0.4 is 10.2 Å². The average Bonchev–Trinajstić information content (AvgIpc) is 2.52. The zero-order valence-electron chi connectivity index (χ0n) is 12.8. The summed E-state index contributed by atoms with van der Waals surface area (Å²) in [7, 11) is 0. The number of hydrogen-bond acceptors (Lipinski definition) is 1. The Morgan fingerprint density at radius 1 is 1.14 bits per heavy atom. The van der Waals surface area contributed by atoms with Crippen molar-refractivity contribution in [1.82, 2.24) is 0 Å². The lowest BCUT2D eigenvalue weighted by Gasteiger charge is -2.17. The second kappa shape index (κ2) is 8.29. The van der Waals surface area contributed by atoms with Crippen molar-refractivity contribution < 1.29 is 14.1 Å². The van der Waals surface area contributed by atoms with Gasteiger partial charge in [-0.2, -0.15) is 0 Å². The standard InChI is InChI=1S/C18H21FN2O/c1-2-21(14-15-7-4-3-5-8-15)12-11-18(22)20-17-10-6-9-16(19)13-17/h3-10,13H,2,11-12,14H2,1H3,(H,20,22)/p+1. The number of nitrogens with one attached hydrogen (secondary N) is 2. The van der Waals surface area contributed by atoms with Crippen LogP contribution in [0.2, 0.25) is 0 Å². The Bertz CT molecular complexity index is 601. The van der Waals surface area contributed by atoms with Gasteiger partial charge in [-0.25, -0.2) is 4.39 Å². The van der Waals surface area contributed by atoms with Crippen molar-refractivity contribution in [1.29, 1.82) is 0 Å². The van der Waals surface area contributed by atoms with Crippen LogP contribution in [0.1, 0.15) is 18.9 Å². The number of carbonyl (C=O) groups excluding carboxylic acids is 1. The maximum absolute atomic E-state index is 13.1. The van der Waals surface area contributed by atoms with Gasteiger partial charge in [-0.3, -0.25) is 4.79 Å². The molecule has 2 aromatic rings. The van der Waals surface area contributed by atoms with Gasteiger partial charge < -0.3 is 10.2 Å². The molecule has 0 aliphatic heterocycles.